The first-order chi connectivity index (χ1) is 11.1. The van der Waals surface area contributed by atoms with Gasteiger partial charge in [0.2, 0.25) is 0 Å². The van der Waals surface area contributed by atoms with Gasteiger partial charge in [0.25, 0.3) is 0 Å². The Kier molecular flexibility index (Phi) is 4.50. The molecule has 0 fully saturated rings. The lowest BCUT2D eigenvalue weighted by molar-refractivity contribution is 0.135. The lowest BCUT2D eigenvalue weighted by Crippen LogP contribution is -2.44. The van der Waals surface area contributed by atoms with Crippen LogP contribution in [0.2, 0.25) is 5.02 Å². The van der Waals surface area contributed by atoms with Crippen LogP contribution < -0.4 is 5.32 Å². The summed E-state index contributed by atoms with van der Waals surface area (Å²) in [6.07, 6.45) is 0.698. The third-order valence-corrected chi connectivity index (χ3v) is 4.25. The minimum atomic E-state index is -0.594. The topological polar surface area (TPSA) is 52.6 Å². The van der Waals surface area contributed by atoms with Crippen molar-refractivity contribution >= 4 is 23.3 Å². The van der Waals surface area contributed by atoms with Crippen molar-refractivity contribution < 1.29 is 14.3 Å². The van der Waals surface area contributed by atoms with E-state index in [0.29, 0.717) is 13.0 Å². The highest BCUT2D eigenvalue weighted by atomic mass is 35.5. The highest BCUT2D eigenvalue weighted by molar-refractivity contribution is 6.30. The van der Waals surface area contributed by atoms with Gasteiger partial charge in [-0.3, -0.25) is 0 Å². The van der Waals surface area contributed by atoms with E-state index in [4.69, 9.17) is 11.6 Å². The van der Waals surface area contributed by atoms with Gasteiger partial charge in [0.05, 0.1) is 18.3 Å². The number of nitrogens with one attached hydrogen (secondary N) is 1. The molecule has 0 spiro atoms. The van der Waals surface area contributed by atoms with E-state index < -0.39 is 17.9 Å². The van der Waals surface area contributed by atoms with Gasteiger partial charge in [-0.25, -0.2) is 9.18 Å². The Hall–Kier alpha value is -2.11. The molecule has 1 aliphatic heterocycles. The Morgan fingerprint density at radius 2 is 2.13 bits per heavy atom. The van der Waals surface area contributed by atoms with Gasteiger partial charge >= 0.3 is 6.03 Å². The lowest BCUT2D eigenvalue weighted by atomic mass is 9.93. The summed E-state index contributed by atoms with van der Waals surface area (Å²) in [6.45, 7) is 0.275. The number of aliphatic hydroxyl groups is 1. The average molecular weight is 335 g/mol. The molecule has 0 aromatic heterocycles. The lowest BCUT2D eigenvalue weighted by Gasteiger charge is -2.36. The van der Waals surface area contributed by atoms with E-state index in [1.807, 2.05) is 24.3 Å². The molecule has 1 unspecified atom stereocenters. The number of hydrogen-bond donors (Lipinski definition) is 2. The fourth-order valence-corrected chi connectivity index (χ4v) is 3.03. The van der Waals surface area contributed by atoms with Crippen LogP contribution >= 0.6 is 11.6 Å². The molecule has 3 rings (SSSR count). The zero-order valence-corrected chi connectivity index (χ0v) is 13.1. The van der Waals surface area contributed by atoms with Crippen LogP contribution in [0.15, 0.2) is 42.5 Å². The van der Waals surface area contributed by atoms with Crippen molar-refractivity contribution in [1.82, 2.24) is 4.90 Å². The summed E-state index contributed by atoms with van der Waals surface area (Å²) in [4.78, 5) is 14.0. The molecule has 2 aromatic rings. The standard InChI is InChI=1S/C17H16ClFN2O2/c18-12-5-6-15(14(19)9-12)20-17(23)21-8-7-11-3-1-2-4-13(11)16(21)10-22/h1-6,9,16,22H,7-8,10H2,(H,20,23). The maximum absolute atomic E-state index is 13.8. The molecule has 0 bridgehead atoms. The molecule has 1 aliphatic rings. The molecule has 1 atom stereocenters. The predicted molar refractivity (Wildman–Crippen MR) is 87.1 cm³/mol. The molecule has 0 aliphatic carbocycles. The fraction of sp³-hybridized carbons (Fsp3) is 0.235. The van der Waals surface area contributed by atoms with E-state index in [2.05, 4.69) is 5.32 Å². The minimum Gasteiger partial charge on any atom is -0.394 e. The number of carbonyl (C=O) groups excluding carboxylic acids is 1. The molecule has 0 saturated heterocycles. The van der Waals surface area contributed by atoms with Crippen molar-refractivity contribution in [3.05, 3.63) is 64.4 Å². The number of carbonyl (C=O) groups is 1. The second-order valence-electron chi connectivity index (χ2n) is 5.39. The number of fused-ring (bicyclic) bond motifs is 1. The Labute approximate surface area is 138 Å². The molecule has 6 heteroatoms. The van der Waals surface area contributed by atoms with Crippen molar-refractivity contribution in [1.29, 1.82) is 0 Å². The summed E-state index contributed by atoms with van der Waals surface area (Å²) in [6, 6.07) is 10.9. The average Bonchev–Trinajstić information content (AvgIpc) is 2.56. The maximum atomic E-state index is 13.8. The second kappa shape index (κ2) is 6.56. The maximum Gasteiger partial charge on any atom is 0.322 e. The number of halogens is 2. The monoisotopic (exact) mass is 334 g/mol. The third kappa shape index (κ3) is 3.16. The first kappa shape index (κ1) is 15.8. The molecule has 0 saturated carbocycles. The number of urea groups is 1. The van der Waals surface area contributed by atoms with Crippen molar-refractivity contribution in [2.75, 3.05) is 18.5 Å². The van der Waals surface area contributed by atoms with Gasteiger partial charge in [0.1, 0.15) is 5.82 Å². The number of anilines is 1. The molecule has 1 heterocycles. The smallest absolute Gasteiger partial charge is 0.322 e. The van der Waals surface area contributed by atoms with Crippen LogP contribution in [0.4, 0.5) is 14.9 Å². The van der Waals surface area contributed by atoms with E-state index in [0.717, 1.165) is 17.2 Å². The first-order valence-corrected chi connectivity index (χ1v) is 7.69. The number of nitrogens with zero attached hydrogens (tertiary/aromatic N) is 1. The molecule has 2 N–H and O–H groups in total. The highest BCUT2D eigenvalue weighted by Gasteiger charge is 2.30. The van der Waals surface area contributed by atoms with Crippen LogP contribution in [-0.4, -0.2) is 29.2 Å². The molecular formula is C17H16ClFN2O2. The number of aliphatic hydroxyl groups excluding tert-OH is 1. The Balaban J connectivity index is 1.82. The predicted octanol–water partition coefficient (Wildman–Crippen LogP) is 3.60. The van der Waals surface area contributed by atoms with Crippen LogP contribution in [0, 0.1) is 5.82 Å². The van der Waals surface area contributed by atoms with Crippen molar-refractivity contribution in [2.45, 2.75) is 12.5 Å². The summed E-state index contributed by atoms with van der Waals surface area (Å²) in [5, 5.41) is 12.5. The summed E-state index contributed by atoms with van der Waals surface area (Å²) < 4.78 is 13.8. The minimum absolute atomic E-state index is 0.0648. The second-order valence-corrected chi connectivity index (χ2v) is 5.83. The third-order valence-electron chi connectivity index (χ3n) is 4.02. The van der Waals surface area contributed by atoms with Gasteiger partial charge in [-0.1, -0.05) is 35.9 Å². The highest BCUT2D eigenvalue weighted by Crippen LogP contribution is 2.30. The summed E-state index contributed by atoms with van der Waals surface area (Å²) in [5.41, 5.74) is 2.11. The molecule has 23 heavy (non-hydrogen) atoms. The van der Waals surface area contributed by atoms with Crippen LogP contribution in [0.1, 0.15) is 17.2 Å². The van der Waals surface area contributed by atoms with Crippen LogP contribution in [0.5, 0.6) is 0 Å². The van der Waals surface area contributed by atoms with Crippen LogP contribution in [0.25, 0.3) is 0 Å². The summed E-state index contributed by atoms with van der Waals surface area (Å²) >= 11 is 5.71. The SMILES string of the molecule is O=C(Nc1ccc(Cl)cc1F)N1CCc2ccccc2C1CO. The number of amides is 2. The molecule has 4 nitrogen and oxygen atoms in total. The zero-order chi connectivity index (χ0) is 16.4. The number of rotatable bonds is 2. The van der Waals surface area contributed by atoms with E-state index in [1.165, 1.54) is 17.0 Å². The quantitative estimate of drug-likeness (QED) is 0.881. The van der Waals surface area contributed by atoms with Crippen LogP contribution in [-0.2, 0) is 6.42 Å². The van der Waals surface area contributed by atoms with E-state index in [-0.39, 0.29) is 17.3 Å². The number of benzene rings is 2. The Morgan fingerprint density at radius 1 is 1.35 bits per heavy atom. The molecule has 2 aromatic carbocycles. The van der Waals surface area contributed by atoms with Gasteiger partial charge in [-0.15, -0.1) is 0 Å². The Morgan fingerprint density at radius 3 is 2.87 bits per heavy atom. The van der Waals surface area contributed by atoms with Crippen molar-refractivity contribution in [3.63, 3.8) is 0 Å². The first-order valence-electron chi connectivity index (χ1n) is 7.31. The molecule has 2 amide bonds. The number of hydrogen-bond acceptors (Lipinski definition) is 2. The molecule has 120 valence electrons. The Bertz CT molecular complexity index is 738. The largest absolute Gasteiger partial charge is 0.394 e. The summed E-state index contributed by atoms with van der Waals surface area (Å²) in [5.74, 6) is -0.594. The van der Waals surface area contributed by atoms with Gasteiger partial charge in [-0.05, 0) is 35.7 Å². The van der Waals surface area contributed by atoms with E-state index >= 15 is 0 Å². The molecule has 0 radical (unpaired) electrons. The van der Waals surface area contributed by atoms with E-state index in [1.54, 1.807) is 0 Å². The van der Waals surface area contributed by atoms with Crippen molar-refractivity contribution in [2.24, 2.45) is 0 Å². The van der Waals surface area contributed by atoms with Gasteiger partial charge in [0, 0.05) is 11.6 Å². The summed E-state index contributed by atoms with van der Waals surface area (Å²) in [7, 11) is 0. The van der Waals surface area contributed by atoms with Crippen LogP contribution in [0.3, 0.4) is 0 Å². The van der Waals surface area contributed by atoms with Crippen molar-refractivity contribution in [3.8, 4) is 0 Å². The zero-order valence-electron chi connectivity index (χ0n) is 12.3. The van der Waals surface area contributed by atoms with Gasteiger partial charge < -0.3 is 15.3 Å². The fourth-order valence-electron chi connectivity index (χ4n) is 2.87. The van der Waals surface area contributed by atoms with Gasteiger partial charge in [0.15, 0.2) is 0 Å². The molecular weight excluding hydrogens is 319 g/mol. The normalized spacial score (nSPS) is 16.8. The van der Waals surface area contributed by atoms with E-state index in [9.17, 15) is 14.3 Å². The van der Waals surface area contributed by atoms with Gasteiger partial charge in [-0.2, -0.15) is 0 Å².